The summed E-state index contributed by atoms with van der Waals surface area (Å²) in [5, 5.41) is 5.65. The van der Waals surface area contributed by atoms with E-state index in [9.17, 15) is 19.2 Å². The molecule has 1 saturated carbocycles. The minimum absolute atomic E-state index is 0.198. The molecule has 10 heteroatoms. The molecule has 0 spiro atoms. The van der Waals surface area contributed by atoms with Crippen molar-refractivity contribution in [2.45, 2.75) is 51.1 Å². The van der Waals surface area contributed by atoms with Crippen molar-refractivity contribution in [2.24, 2.45) is 4.99 Å². The zero-order valence-electron chi connectivity index (χ0n) is 29.5. The number of hydrogen-bond acceptors (Lipinski definition) is 8. The third-order valence-corrected chi connectivity index (χ3v) is 10.6. The van der Waals surface area contributed by atoms with Gasteiger partial charge in [0.1, 0.15) is 0 Å². The Hall–Kier alpha value is -5.19. The van der Waals surface area contributed by atoms with E-state index in [4.69, 9.17) is 0 Å². The van der Waals surface area contributed by atoms with Gasteiger partial charge < -0.3 is 14.7 Å². The number of anilines is 1. The Balaban J connectivity index is 0.000000224. The molecule has 4 aliphatic rings. The zero-order valence-corrected chi connectivity index (χ0v) is 29.5. The second kappa shape index (κ2) is 14.6. The van der Waals surface area contributed by atoms with Gasteiger partial charge in [-0.2, -0.15) is 0 Å². The number of benzene rings is 4. The van der Waals surface area contributed by atoms with Crippen molar-refractivity contribution in [3.05, 3.63) is 101 Å². The summed E-state index contributed by atoms with van der Waals surface area (Å²) in [6.45, 7) is 5.20. The normalized spacial score (nSPS) is 19.6. The third kappa shape index (κ3) is 6.57. The van der Waals surface area contributed by atoms with Gasteiger partial charge in [0.25, 0.3) is 23.6 Å². The summed E-state index contributed by atoms with van der Waals surface area (Å²) in [7, 11) is 4.35. The van der Waals surface area contributed by atoms with E-state index in [1.165, 1.54) is 17.7 Å². The molecular formula is C41H44N6O4. The molecule has 4 amide bonds. The zero-order chi connectivity index (χ0) is 35.6. The topological polar surface area (TPSA) is 106 Å². The maximum atomic E-state index is 13.5. The van der Waals surface area contributed by atoms with Crippen molar-refractivity contribution in [1.29, 1.82) is 0 Å². The monoisotopic (exact) mass is 684 g/mol. The van der Waals surface area contributed by atoms with Crippen LogP contribution in [-0.2, 0) is 0 Å². The van der Waals surface area contributed by atoms with Crippen molar-refractivity contribution < 1.29 is 19.2 Å². The number of nitrogens with zero attached hydrogens (tertiary/aromatic N) is 5. The standard InChI is InChI=1S/C29H37N5O2.C12H7NO2/c1-4-15-31(2)21-10-11-22(19-21)32(3)17-18-34-28(35)24-9-7-8-23-26(33-16-6-5-14-30-20-33)13-12-25(27(23)24)29(34)36;14-11-8-5-1-3-7-4-2-6-9(10(7)8)12(15)13-11/h6-9,12-13,16,20-22H,4-5,10-11,14-15,17-19H2,1-3H3;1-6H,(H,13,14,15). The van der Waals surface area contributed by atoms with Gasteiger partial charge in [0.15, 0.2) is 0 Å². The molecule has 2 unspecified atom stereocenters. The summed E-state index contributed by atoms with van der Waals surface area (Å²) in [5.74, 6) is -1.03. The SMILES string of the molecule is CCCN(C)C1CCC(N(C)CCN2C(=O)c3cccc4c(N5C=CCCN=C5)ccc(c34)C2=O)C1.O=C1NC(=O)c2cccc3cccc1c23. The Morgan fingerprint density at radius 2 is 1.39 bits per heavy atom. The van der Waals surface area contributed by atoms with E-state index in [1.54, 1.807) is 12.1 Å². The molecule has 0 aromatic heterocycles. The number of nitrogens with one attached hydrogen (secondary N) is 1. The average molecular weight is 685 g/mol. The molecule has 1 N–H and O–H groups in total. The first kappa shape index (κ1) is 34.3. The van der Waals surface area contributed by atoms with Gasteiger partial charge in [0.05, 0.1) is 12.0 Å². The number of hydrogen-bond donors (Lipinski definition) is 1. The van der Waals surface area contributed by atoms with Gasteiger partial charge >= 0.3 is 0 Å². The highest BCUT2D eigenvalue weighted by atomic mass is 16.2. The van der Waals surface area contributed by atoms with Crippen LogP contribution < -0.4 is 10.2 Å². The highest BCUT2D eigenvalue weighted by Gasteiger charge is 2.35. The van der Waals surface area contributed by atoms with Crippen LogP contribution in [0.3, 0.4) is 0 Å². The average Bonchev–Trinajstić information content (AvgIpc) is 3.49. The second-order valence-electron chi connectivity index (χ2n) is 13.8. The van der Waals surface area contributed by atoms with Crippen molar-refractivity contribution in [1.82, 2.24) is 20.0 Å². The van der Waals surface area contributed by atoms with Crippen molar-refractivity contribution in [3.8, 4) is 0 Å². The molecule has 10 nitrogen and oxygen atoms in total. The quantitative estimate of drug-likeness (QED) is 0.224. The molecule has 1 fully saturated rings. The van der Waals surface area contributed by atoms with E-state index < -0.39 is 0 Å². The molecule has 8 rings (SSSR count). The molecule has 51 heavy (non-hydrogen) atoms. The molecule has 262 valence electrons. The van der Waals surface area contributed by atoms with Crippen LogP contribution in [0.4, 0.5) is 5.69 Å². The van der Waals surface area contributed by atoms with Gasteiger partial charge in [-0.25, -0.2) is 0 Å². The molecular weight excluding hydrogens is 640 g/mol. The molecule has 2 atom stereocenters. The molecule has 4 aromatic rings. The smallest absolute Gasteiger partial charge is 0.261 e. The number of carbonyl (C=O) groups is 4. The highest BCUT2D eigenvalue weighted by Crippen LogP contribution is 2.36. The van der Waals surface area contributed by atoms with Crippen LogP contribution in [0.25, 0.3) is 21.5 Å². The largest absolute Gasteiger partial charge is 0.308 e. The fraction of sp³-hybridized carbons (Fsp3) is 0.341. The lowest BCUT2D eigenvalue weighted by atomic mass is 9.92. The van der Waals surface area contributed by atoms with E-state index in [2.05, 4.69) is 47.2 Å². The third-order valence-electron chi connectivity index (χ3n) is 10.6. The van der Waals surface area contributed by atoms with E-state index in [0.29, 0.717) is 47.4 Å². The maximum absolute atomic E-state index is 13.5. The van der Waals surface area contributed by atoms with Crippen LogP contribution in [0, 0.1) is 0 Å². The fourth-order valence-corrected chi connectivity index (χ4v) is 7.89. The Kier molecular flexibility index (Phi) is 9.79. The summed E-state index contributed by atoms with van der Waals surface area (Å²) in [6.07, 6.45) is 11.5. The summed E-state index contributed by atoms with van der Waals surface area (Å²) >= 11 is 0. The van der Waals surface area contributed by atoms with Crippen LogP contribution >= 0.6 is 0 Å². The molecule has 4 aromatic carbocycles. The van der Waals surface area contributed by atoms with Crippen molar-refractivity contribution in [3.63, 3.8) is 0 Å². The van der Waals surface area contributed by atoms with Gasteiger partial charge in [0, 0.05) is 76.3 Å². The summed E-state index contributed by atoms with van der Waals surface area (Å²) in [5.41, 5.74) is 3.27. The number of imide groups is 2. The summed E-state index contributed by atoms with van der Waals surface area (Å²) < 4.78 is 0. The Labute approximate surface area is 298 Å². The first-order chi connectivity index (χ1) is 24.8. The minimum atomic E-state index is -0.315. The van der Waals surface area contributed by atoms with E-state index >= 15 is 0 Å². The van der Waals surface area contributed by atoms with E-state index in [1.807, 2.05) is 72.0 Å². The van der Waals surface area contributed by atoms with Gasteiger partial charge in [-0.3, -0.25) is 34.4 Å². The second-order valence-corrected chi connectivity index (χ2v) is 13.8. The highest BCUT2D eigenvalue weighted by molar-refractivity contribution is 6.27. The van der Waals surface area contributed by atoms with Crippen molar-refractivity contribution in [2.75, 3.05) is 45.2 Å². The van der Waals surface area contributed by atoms with Gasteiger partial charge in [-0.15, -0.1) is 0 Å². The Morgan fingerprint density at radius 3 is 2.08 bits per heavy atom. The first-order valence-electron chi connectivity index (χ1n) is 17.9. The molecule has 3 aliphatic heterocycles. The molecule has 1 aliphatic carbocycles. The number of amides is 4. The predicted molar refractivity (Wildman–Crippen MR) is 202 cm³/mol. The lowest BCUT2D eigenvalue weighted by Gasteiger charge is -2.32. The summed E-state index contributed by atoms with van der Waals surface area (Å²) in [4.78, 5) is 62.8. The number of rotatable bonds is 8. The molecule has 0 bridgehead atoms. The van der Waals surface area contributed by atoms with Gasteiger partial charge in [0.2, 0.25) is 0 Å². The molecule has 0 radical (unpaired) electrons. The first-order valence-corrected chi connectivity index (χ1v) is 17.9. The summed E-state index contributed by atoms with van der Waals surface area (Å²) in [6, 6.07) is 21.6. The van der Waals surface area contributed by atoms with E-state index in [-0.39, 0.29) is 23.6 Å². The number of aliphatic imine (C=N–C) groups is 1. The predicted octanol–water partition coefficient (Wildman–Crippen LogP) is 6.11. The molecule has 0 saturated heterocycles. The lowest BCUT2D eigenvalue weighted by Crippen LogP contribution is -2.45. The van der Waals surface area contributed by atoms with Crippen molar-refractivity contribution >= 4 is 57.2 Å². The minimum Gasteiger partial charge on any atom is -0.308 e. The van der Waals surface area contributed by atoms with Crippen LogP contribution in [0.15, 0.2) is 84.0 Å². The van der Waals surface area contributed by atoms with Gasteiger partial charge in [-0.05, 0) is 88.5 Å². The Morgan fingerprint density at radius 1 is 0.765 bits per heavy atom. The lowest BCUT2D eigenvalue weighted by molar-refractivity contribution is 0.0587. The number of carbonyl (C=O) groups excluding carboxylic acids is 4. The number of likely N-dealkylation sites (N-methyl/N-ethyl adjacent to an activating group) is 1. The maximum Gasteiger partial charge on any atom is 0.261 e. The van der Waals surface area contributed by atoms with Crippen LogP contribution in [0.2, 0.25) is 0 Å². The van der Waals surface area contributed by atoms with E-state index in [0.717, 1.165) is 59.6 Å². The van der Waals surface area contributed by atoms with Crippen LogP contribution in [-0.4, -0.2) is 97.0 Å². The van der Waals surface area contributed by atoms with Crippen LogP contribution in [0.1, 0.15) is 80.5 Å². The Bertz CT molecular complexity index is 2000. The van der Waals surface area contributed by atoms with Gasteiger partial charge in [-0.1, -0.05) is 49.4 Å². The molecule has 3 heterocycles. The van der Waals surface area contributed by atoms with Crippen LogP contribution in [0.5, 0.6) is 0 Å². The fourth-order valence-electron chi connectivity index (χ4n) is 7.89.